The zero-order chi connectivity index (χ0) is 20.8. The van der Waals surface area contributed by atoms with E-state index in [1.807, 2.05) is 37.3 Å². The summed E-state index contributed by atoms with van der Waals surface area (Å²) in [4.78, 5) is 12.4. The van der Waals surface area contributed by atoms with Crippen molar-refractivity contribution in [3.8, 4) is 17.2 Å². The van der Waals surface area contributed by atoms with Gasteiger partial charge in [-0.3, -0.25) is 0 Å². The first-order valence-electron chi connectivity index (χ1n) is 9.37. The van der Waals surface area contributed by atoms with E-state index in [1.165, 1.54) is 5.39 Å². The second kappa shape index (κ2) is 9.19. The molecule has 0 heterocycles. The third-order valence-corrected chi connectivity index (χ3v) is 4.80. The van der Waals surface area contributed by atoms with Crippen LogP contribution in [0.2, 0.25) is 0 Å². The highest BCUT2D eigenvalue weighted by Crippen LogP contribution is 2.38. The van der Waals surface area contributed by atoms with Gasteiger partial charge >= 0.3 is 6.03 Å². The monoisotopic (exact) mass is 394 g/mol. The lowest BCUT2D eigenvalue weighted by molar-refractivity contribution is 0.237. The number of urea groups is 1. The van der Waals surface area contributed by atoms with Crippen molar-refractivity contribution >= 4 is 16.8 Å². The summed E-state index contributed by atoms with van der Waals surface area (Å²) >= 11 is 0. The summed E-state index contributed by atoms with van der Waals surface area (Å²) in [6, 6.07) is 17.6. The number of rotatable bonds is 7. The van der Waals surface area contributed by atoms with Gasteiger partial charge in [-0.05, 0) is 47.0 Å². The number of benzene rings is 3. The van der Waals surface area contributed by atoms with Gasteiger partial charge in [-0.25, -0.2) is 4.79 Å². The van der Waals surface area contributed by atoms with Crippen LogP contribution in [-0.4, -0.2) is 27.4 Å². The molecule has 0 aromatic heterocycles. The summed E-state index contributed by atoms with van der Waals surface area (Å²) in [6.07, 6.45) is 0. The van der Waals surface area contributed by atoms with E-state index in [0.29, 0.717) is 23.8 Å². The molecule has 2 amide bonds. The number of methoxy groups -OCH3 is 3. The molecule has 0 spiro atoms. The van der Waals surface area contributed by atoms with Gasteiger partial charge in [-0.2, -0.15) is 0 Å². The highest BCUT2D eigenvalue weighted by molar-refractivity contribution is 5.83. The number of nitrogens with one attached hydrogen (secondary N) is 2. The van der Waals surface area contributed by atoms with Crippen LogP contribution in [0, 0.1) is 0 Å². The number of carbonyl (C=O) groups is 1. The Labute approximate surface area is 170 Å². The van der Waals surface area contributed by atoms with Crippen LogP contribution in [0.1, 0.15) is 24.1 Å². The van der Waals surface area contributed by atoms with Crippen molar-refractivity contribution in [2.45, 2.75) is 19.5 Å². The molecule has 0 aliphatic heterocycles. The van der Waals surface area contributed by atoms with Crippen molar-refractivity contribution in [1.29, 1.82) is 0 Å². The fourth-order valence-corrected chi connectivity index (χ4v) is 3.23. The predicted octanol–water partition coefficient (Wildman–Crippen LogP) is 4.43. The zero-order valence-electron chi connectivity index (χ0n) is 17.1. The van der Waals surface area contributed by atoms with Gasteiger partial charge in [0.15, 0.2) is 11.5 Å². The Kier molecular flexibility index (Phi) is 6.44. The highest BCUT2D eigenvalue weighted by atomic mass is 16.5. The molecule has 6 heteroatoms. The molecule has 3 aromatic carbocycles. The number of amides is 2. The van der Waals surface area contributed by atoms with Crippen LogP contribution < -0.4 is 24.8 Å². The van der Waals surface area contributed by atoms with Gasteiger partial charge in [0.05, 0.1) is 27.4 Å². The summed E-state index contributed by atoms with van der Waals surface area (Å²) in [5.41, 5.74) is 1.89. The van der Waals surface area contributed by atoms with Crippen molar-refractivity contribution in [3.05, 3.63) is 65.7 Å². The number of hydrogen-bond acceptors (Lipinski definition) is 4. The molecule has 0 fully saturated rings. The topological polar surface area (TPSA) is 68.8 Å². The van der Waals surface area contributed by atoms with Crippen LogP contribution in [-0.2, 0) is 6.54 Å². The second-order valence-corrected chi connectivity index (χ2v) is 6.69. The molecular formula is C23H26N2O4. The minimum Gasteiger partial charge on any atom is -0.493 e. The van der Waals surface area contributed by atoms with Crippen molar-refractivity contribution < 1.29 is 19.0 Å². The molecule has 2 N–H and O–H groups in total. The van der Waals surface area contributed by atoms with Gasteiger partial charge < -0.3 is 24.8 Å². The molecule has 0 saturated heterocycles. The Morgan fingerprint density at radius 2 is 1.55 bits per heavy atom. The lowest BCUT2D eigenvalue weighted by Crippen LogP contribution is -2.36. The molecule has 0 aliphatic rings. The normalized spacial score (nSPS) is 11.6. The van der Waals surface area contributed by atoms with Crippen LogP contribution in [0.25, 0.3) is 10.8 Å². The van der Waals surface area contributed by atoms with Crippen LogP contribution in [0.4, 0.5) is 4.79 Å². The van der Waals surface area contributed by atoms with Crippen LogP contribution in [0.3, 0.4) is 0 Å². The molecule has 29 heavy (non-hydrogen) atoms. The fourth-order valence-electron chi connectivity index (χ4n) is 3.23. The van der Waals surface area contributed by atoms with Gasteiger partial charge in [0.1, 0.15) is 0 Å². The molecule has 6 nitrogen and oxygen atoms in total. The Balaban J connectivity index is 1.64. The maximum atomic E-state index is 12.4. The average molecular weight is 394 g/mol. The van der Waals surface area contributed by atoms with Crippen molar-refractivity contribution in [2.24, 2.45) is 0 Å². The Morgan fingerprint density at radius 1 is 0.897 bits per heavy atom. The lowest BCUT2D eigenvalue weighted by Gasteiger charge is -2.17. The minimum atomic E-state index is -0.251. The second-order valence-electron chi connectivity index (χ2n) is 6.69. The van der Waals surface area contributed by atoms with Crippen molar-refractivity contribution in [3.63, 3.8) is 0 Å². The van der Waals surface area contributed by atoms with Gasteiger partial charge in [-0.1, -0.05) is 36.4 Å². The van der Waals surface area contributed by atoms with Crippen LogP contribution in [0.5, 0.6) is 17.2 Å². The van der Waals surface area contributed by atoms with Gasteiger partial charge in [0.25, 0.3) is 0 Å². The maximum Gasteiger partial charge on any atom is 0.315 e. The first-order chi connectivity index (χ1) is 14.0. The summed E-state index contributed by atoms with van der Waals surface area (Å²) in [7, 11) is 4.68. The first-order valence-corrected chi connectivity index (χ1v) is 9.37. The number of hydrogen-bond donors (Lipinski definition) is 2. The minimum absolute atomic E-state index is 0.125. The smallest absolute Gasteiger partial charge is 0.315 e. The number of fused-ring (bicyclic) bond motifs is 1. The third-order valence-electron chi connectivity index (χ3n) is 4.80. The van der Waals surface area contributed by atoms with Crippen LogP contribution in [0.15, 0.2) is 54.6 Å². The molecule has 0 saturated carbocycles. The predicted molar refractivity (Wildman–Crippen MR) is 114 cm³/mol. The van der Waals surface area contributed by atoms with E-state index in [4.69, 9.17) is 14.2 Å². The molecule has 3 aromatic rings. The first kappa shape index (κ1) is 20.3. The third kappa shape index (κ3) is 4.71. The average Bonchev–Trinajstić information content (AvgIpc) is 2.76. The van der Waals surface area contributed by atoms with E-state index in [-0.39, 0.29) is 12.1 Å². The molecule has 0 aliphatic carbocycles. The van der Waals surface area contributed by atoms with Gasteiger partial charge in [-0.15, -0.1) is 0 Å². The molecule has 0 unspecified atom stereocenters. The Hall–Kier alpha value is -3.41. The van der Waals surface area contributed by atoms with Gasteiger partial charge in [0, 0.05) is 6.54 Å². The largest absolute Gasteiger partial charge is 0.493 e. The van der Waals surface area contributed by atoms with Crippen molar-refractivity contribution in [1.82, 2.24) is 10.6 Å². The quantitative estimate of drug-likeness (QED) is 0.622. The number of ether oxygens (including phenoxy) is 3. The SMILES string of the molecule is COc1cc(CNC(=O)N[C@H](C)c2ccc3ccccc3c2)cc(OC)c1OC. The summed E-state index contributed by atoms with van der Waals surface area (Å²) < 4.78 is 16.0. The van der Waals surface area contributed by atoms with Crippen LogP contribution >= 0.6 is 0 Å². The van der Waals surface area contributed by atoms with E-state index >= 15 is 0 Å². The van der Waals surface area contributed by atoms with E-state index in [2.05, 4.69) is 34.9 Å². The maximum absolute atomic E-state index is 12.4. The standard InChI is InChI=1S/C23H26N2O4/c1-15(18-10-9-17-7-5-6-8-19(17)13-18)25-23(26)24-14-16-11-20(27-2)22(29-4)21(12-16)28-3/h5-13,15H,14H2,1-4H3,(H2,24,25,26)/t15-/m1/s1. The molecule has 1 atom stereocenters. The highest BCUT2D eigenvalue weighted by Gasteiger charge is 2.14. The van der Waals surface area contributed by atoms with E-state index in [1.54, 1.807) is 21.3 Å². The molecule has 0 bridgehead atoms. The van der Waals surface area contributed by atoms with E-state index in [9.17, 15) is 4.79 Å². The molecule has 152 valence electrons. The zero-order valence-corrected chi connectivity index (χ0v) is 17.1. The van der Waals surface area contributed by atoms with Gasteiger partial charge in [0.2, 0.25) is 5.75 Å². The van der Waals surface area contributed by atoms with Crippen molar-refractivity contribution in [2.75, 3.05) is 21.3 Å². The van der Waals surface area contributed by atoms with E-state index < -0.39 is 0 Å². The number of carbonyl (C=O) groups excluding carboxylic acids is 1. The summed E-state index contributed by atoms with van der Waals surface area (Å²) in [5.74, 6) is 1.62. The molecule has 0 radical (unpaired) electrons. The lowest BCUT2D eigenvalue weighted by atomic mass is 10.0. The Morgan fingerprint density at radius 3 is 2.17 bits per heavy atom. The van der Waals surface area contributed by atoms with E-state index in [0.717, 1.165) is 16.5 Å². The Bertz CT molecular complexity index is 978. The fraction of sp³-hybridized carbons (Fsp3) is 0.261. The molecule has 3 rings (SSSR count). The molecular weight excluding hydrogens is 368 g/mol. The summed E-state index contributed by atoms with van der Waals surface area (Å²) in [5, 5.41) is 8.17. The summed E-state index contributed by atoms with van der Waals surface area (Å²) in [6.45, 7) is 2.29.